The molecule has 0 unspecified atom stereocenters. The van der Waals surface area contributed by atoms with Crippen LogP contribution in [0.2, 0.25) is 0 Å². The Labute approximate surface area is 130 Å². The minimum atomic E-state index is -1.06. The first-order chi connectivity index (χ1) is 10.6. The van der Waals surface area contributed by atoms with Crippen molar-refractivity contribution in [3.63, 3.8) is 0 Å². The Morgan fingerprint density at radius 2 is 2.05 bits per heavy atom. The maximum absolute atomic E-state index is 10.8. The van der Waals surface area contributed by atoms with Crippen LogP contribution in [0.5, 0.6) is 0 Å². The second-order valence-electron chi connectivity index (χ2n) is 5.54. The van der Waals surface area contributed by atoms with Crippen molar-refractivity contribution in [2.24, 2.45) is 0 Å². The lowest BCUT2D eigenvalue weighted by Gasteiger charge is -2.32. The fourth-order valence-electron chi connectivity index (χ4n) is 2.35. The Morgan fingerprint density at radius 1 is 1.32 bits per heavy atom. The van der Waals surface area contributed by atoms with Crippen LogP contribution in [-0.4, -0.2) is 59.6 Å². The summed E-state index contributed by atoms with van der Waals surface area (Å²) in [7, 11) is 0. The van der Waals surface area contributed by atoms with Gasteiger partial charge in [0.05, 0.1) is 37.8 Å². The third kappa shape index (κ3) is 4.92. The predicted octanol–water partition coefficient (Wildman–Crippen LogP) is 1.59. The van der Waals surface area contributed by atoms with Crippen molar-refractivity contribution in [1.82, 2.24) is 9.97 Å². The van der Waals surface area contributed by atoms with Gasteiger partial charge in [-0.05, 0) is 26.7 Å². The summed E-state index contributed by atoms with van der Waals surface area (Å²) < 4.78 is 11.3. The highest BCUT2D eigenvalue weighted by molar-refractivity contribution is 5.84. The number of ether oxygens (including phenoxy) is 2. The van der Waals surface area contributed by atoms with Crippen LogP contribution in [0.3, 0.4) is 0 Å². The first kappa shape index (κ1) is 16.6. The Morgan fingerprint density at radius 3 is 2.59 bits per heavy atom. The van der Waals surface area contributed by atoms with E-state index in [0.717, 1.165) is 25.9 Å². The van der Waals surface area contributed by atoms with Crippen LogP contribution in [0.15, 0.2) is 12.4 Å². The number of piperidine rings is 1. The molecule has 1 aromatic rings. The van der Waals surface area contributed by atoms with Crippen molar-refractivity contribution in [1.29, 1.82) is 0 Å². The standard InChI is InChI=1S/C15H23N3O4/c1-11(2)21-7-8-22-12-3-5-18(6-4-12)14-10-16-13(9-17-14)15(19)20/h9-12H,3-8H2,1-2H3,(H,19,20). The third-order valence-electron chi connectivity index (χ3n) is 3.51. The molecule has 0 radical (unpaired) electrons. The van der Waals surface area contributed by atoms with Crippen LogP contribution < -0.4 is 4.90 Å². The van der Waals surface area contributed by atoms with Crippen LogP contribution in [0, 0.1) is 0 Å². The lowest BCUT2D eigenvalue weighted by atomic mass is 10.1. The molecule has 0 saturated carbocycles. The highest BCUT2D eigenvalue weighted by Crippen LogP contribution is 2.19. The van der Waals surface area contributed by atoms with Gasteiger partial charge in [0.15, 0.2) is 5.69 Å². The summed E-state index contributed by atoms with van der Waals surface area (Å²) in [5.74, 6) is -0.346. The van der Waals surface area contributed by atoms with Crippen molar-refractivity contribution >= 4 is 11.8 Å². The van der Waals surface area contributed by atoms with E-state index in [9.17, 15) is 4.79 Å². The summed E-state index contributed by atoms with van der Waals surface area (Å²) in [6, 6.07) is 0. The van der Waals surface area contributed by atoms with Crippen molar-refractivity contribution in [2.75, 3.05) is 31.2 Å². The van der Waals surface area contributed by atoms with E-state index in [1.807, 2.05) is 13.8 Å². The number of hydrogen-bond acceptors (Lipinski definition) is 6. The zero-order valence-corrected chi connectivity index (χ0v) is 13.1. The molecule has 0 aliphatic carbocycles. The summed E-state index contributed by atoms with van der Waals surface area (Å²) in [6.45, 7) is 6.92. The molecule has 2 heterocycles. The topological polar surface area (TPSA) is 84.8 Å². The quantitative estimate of drug-likeness (QED) is 0.765. The zero-order valence-electron chi connectivity index (χ0n) is 13.1. The summed E-state index contributed by atoms with van der Waals surface area (Å²) in [5, 5.41) is 8.81. The molecule has 0 atom stereocenters. The Bertz CT molecular complexity index is 470. The van der Waals surface area contributed by atoms with Gasteiger partial charge in [-0.3, -0.25) is 0 Å². The second-order valence-corrected chi connectivity index (χ2v) is 5.54. The maximum atomic E-state index is 10.8. The minimum Gasteiger partial charge on any atom is -0.476 e. The number of aromatic nitrogens is 2. The van der Waals surface area contributed by atoms with Gasteiger partial charge >= 0.3 is 5.97 Å². The first-order valence-corrected chi connectivity index (χ1v) is 7.59. The van der Waals surface area contributed by atoms with Crippen LogP contribution in [0.1, 0.15) is 37.2 Å². The fourth-order valence-corrected chi connectivity index (χ4v) is 2.35. The molecule has 2 rings (SSSR count). The van der Waals surface area contributed by atoms with Crippen LogP contribution >= 0.6 is 0 Å². The Kier molecular flexibility index (Phi) is 6.09. The van der Waals surface area contributed by atoms with E-state index in [1.165, 1.54) is 12.4 Å². The van der Waals surface area contributed by atoms with E-state index in [-0.39, 0.29) is 17.9 Å². The molecule has 7 nitrogen and oxygen atoms in total. The predicted molar refractivity (Wildman–Crippen MR) is 81.3 cm³/mol. The smallest absolute Gasteiger partial charge is 0.356 e. The monoisotopic (exact) mass is 309 g/mol. The number of carboxylic acid groups (broad SMARTS) is 1. The number of hydrogen-bond donors (Lipinski definition) is 1. The molecule has 1 aliphatic rings. The largest absolute Gasteiger partial charge is 0.476 e. The number of aromatic carboxylic acids is 1. The van der Waals surface area contributed by atoms with Crippen LogP contribution in [-0.2, 0) is 9.47 Å². The maximum Gasteiger partial charge on any atom is 0.356 e. The number of rotatable bonds is 7. The van der Waals surface area contributed by atoms with Crippen molar-refractivity contribution in [3.8, 4) is 0 Å². The van der Waals surface area contributed by atoms with Crippen LogP contribution in [0.4, 0.5) is 5.82 Å². The van der Waals surface area contributed by atoms with Gasteiger partial charge in [0, 0.05) is 13.1 Å². The average molecular weight is 309 g/mol. The van der Waals surface area contributed by atoms with E-state index in [0.29, 0.717) is 19.0 Å². The number of anilines is 1. The summed E-state index contributed by atoms with van der Waals surface area (Å²) >= 11 is 0. The lowest BCUT2D eigenvalue weighted by molar-refractivity contribution is -0.0197. The molecule has 7 heteroatoms. The summed E-state index contributed by atoms with van der Waals surface area (Å²) in [6.07, 6.45) is 5.13. The van der Waals surface area contributed by atoms with Gasteiger partial charge in [-0.1, -0.05) is 0 Å². The molecule has 1 saturated heterocycles. The minimum absolute atomic E-state index is 0.0351. The molecule has 1 N–H and O–H groups in total. The number of carbonyl (C=O) groups is 1. The van der Waals surface area contributed by atoms with Crippen molar-refractivity contribution < 1.29 is 19.4 Å². The van der Waals surface area contributed by atoms with Gasteiger partial charge in [0.25, 0.3) is 0 Å². The molecule has 0 amide bonds. The lowest BCUT2D eigenvalue weighted by Crippen LogP contribution is -2.38. The number of carboxylic acids is 1. The van der Waals surface area contributed by atoms with E-state index >= 15 is 0 Å². The van der Waals surface area contributed by atoms with Crippen LogP contribution in [0.25, 0.3) is 0 Å². The SMILES string of the molecule is CC(C)OCCOC1CCN(c2cnc(C(=O)O)cn2)CC1. The molecule has 0 spiro atoms. The molecule has 22 heavy (non-hydrogen) atoms. The average Bonchev–Trinajstić information content (AvgIpc) is 2.52. The van der Waals surface area contributed by atoms with Gasteiger partial charge in [-0.15, -0.1) is 0 Å². The molecule has 1 aliphatic heterocycles. The van der Waals surface area contributed by atoms with E-state index in [4.69, 9.17) is 14.6 Å². The second kappa shape index (κ2) is 8.05. The van der Waals surface area contributed by atoms with E-state index in [1.54, 1.807) is 0 Å². The van der Waals surface area contributed by atoms with Crippen molar-refractivity contribution in [3.05, 3.63) is 18.1 Å². The molecular weight excluding hydrogens is 286 g/mol. The summed E-state index contributed by atoms with van der Waals surface area (Å²) in [4.78, 5) is 20.9. The third-order valence-corrected chi connectivity index (χ3v) is 3.51. The molecule has 122 valence electrons. The zero-order chi connectivity index (χ0) is 15.9. The highest BCUT2D eigenvalue weighted by atomic mass is 16.5. The fraction of sp³-hybridized carbons (Fsp3) is 0.667. The van der Waals surface area contributed by atoms with E-state index < -0.39 is 5.97 Å². The first-order valence-electron chi connectivity index (χ1n) is 7.59. The highest BCUT2D eigenvalue weighted by Gasteiger charge is 2.21. The van der Waals surface area contributed by atoms with Gasteiger partial charge < -0.3 is 19.5 Å². The molecular formula is C15H23N3O4. The van der Waals surface area contributed by atoms with Gasteiger partial charge in [0.1, 0.15) is 5.82 Å². The number of nitrogens with zero attached hydrogens (tertiary/aromatic N) is 3. The molecule has 0 bridgehead atoms. The van der Waals surface area contributed by atoms with Gasteiger partial charge in [-0.25, -0.2) is 14.8 Å². The Hall–Kier alpha value is -1.73. The van der Waals surface area contributed by atoms with E-state index in [2.05, 4.69) is 14.9 Å². The Balaban J connectivity index is 1.73. The summed E-state index contributed by atoms with van der Waals surface area (Å²) in [5.41, 5.74) is -0.0351. The van der Waals surface area contributed by atoms with Gasteiger partial charge in [-0.2, -0.15) is 0 Å². The molecule has 0 aromatic carbocycles. The molecule has 1 aromatic heterocycles. The molecule has 1 fully saturated rings. The normalized spacial score (nSPS) is 16.2. The van der Waals surface area contributed by atoms with Crippen molar-refractivity contribution in [2.45, 2.75) is 38.9 Å². The van der Waals surface area contributed by atoms with Gasteiger partial charge in [0.2, 0.25) is 0 Å².